The molecule has 0 aromatic rings. The van der Waals surface area contributed by atoms with E-state index in [1.54, 1.807) is 4.90 Å². The van der Waals surface area contributed by atoms with E-state index in [1.807, 2.05) is 6.41 Å². The van der Waals surface area contributed by atoms with Gasteiger partial charge in [0.15, 0.2) is 0 Å². The number of carbonyl (C=O) groups excluding carboxylic acids is 2. The van der Waals surface area contributed by atoms with Crippen molar-refractivity contribution in [2.45, 2.75) is 6.92 Å². The van der Waals surface area contributed by atoms with Gasteiger partial charge in [0.1, 0.15) is 6.61 Å². The molecule has 1 heterocycles. The van der Waals surface area contributed by atoms with Crippen LogP contribution < -0.4 is 0 Å². The summed E-state index contributed by atoms with van der Waals surface area (Å²) in [7, 11) is 0. The van der Waals surface area contributed by atoms with Crippen LogP contribution in [0.2, 0.25) is 0 Å². The minimum Gasteiger partial charge on any atom is -0.465 e. The van der Waals surface area contributed by atoms with E-state index >= 15 is 0 Å². The molecule has 0 saturated carbocycles. The first kappa shape index (κ1) is 11.0. The molecule has 1 radical (unpaired) electrons. The first-order valence-electron chi connectivity index (χ1n) is 4.71. The third-order valence-electron chi connectivity index (χ3n) is 2.21. The molecule has 1 fully saturated rings. The number of piperazine rings is 1. The molecule has 0 spiro atoms. The zero-order valence-electron chi connectivity index (χ0n) is 8.36. The highest BCUT2D eigenvalue weighted by Gasteiger charge is 2.15. The van der Waals surface area contributed by atoms with Crippen LogP contribution in [0, 0.1) is 0 Å². The van der Waals surface area contributed by atoms with Crippen molar-refractivity contribution in [3.63, 3.8) is 0 Å². The van der Waals surface area contributed by atoms with Gasteiger partial charge in [0.05, 0.1) is 0 Å². The lowest BCUT2D eigenvalue weighted by Gasteiger charge is -2.31. The molecular formula is C9H15N2O3. The molecule has 0 bridgehead atoms. The van der Waals surface area contributed by atoms with Crippen LogP contribution in [0.5, 0.6) is 0 Å². The van der Waals surface area contributed by atoms with E-state index in [0.717, 1.165) is 19.6 Å². The average molecular weight is 199 g/mol. The molecule has 0 unspecified atom stereocenters. The van der Waals surface area contributed by atoms with Crippen LogP contribution in [0.15, 0.2) is 0 Å². The van der Waals surface area contributed by atoms with Gasteiger partial charge in [-0.2, -0.15) is 0 Å². The van der Waals surface area contributed by atoms with Gasteiger partial charge in [-0.25, -0.2) is 0 Å². The van der Waals surface area contributed by atoms with Crippen molar-refractivity contribution in [2.75, 3.05) is 39.3 Å². The smallest absolute Gasteiger partial charge is 0.312 e. The van der Waals surface area contributed by atoms with Gasteiger partial charge in [-0.3, -0.25) is 14.5 Å². The number of hydrogen-bond acceptors (Lipinski definition) is 4. The van der Waals surface area contributed by atoms with Crippen molar-refractivity contribution in [3.05, 3.63) is 0 Å². The Morgan fingerprint density at radius 2 is 2.00 bits per heavy atom. The fourth-order valence-corrected chi connectivity index (χ4v) is 1.38. The molecule has 1 aliphatic heterocycles. The van der Waals surface area contributed by atoms with Crippen molar-refractivity contribution < 1.29 is 14.3 Å². The number of esters is 1. The summed E-state index contributed by atoms with van der Waals surface area (Å²) in [5.74, 6) is -0.245. The largest absolute Gasteiger partial charge is 0.465 e. The zero-order chi connectivity index (χ0) is 10.4. The molecule has 14 heavy (non-hydrogen) atoms. The minimum absolute atomic E-state index is 0.245. The van der Waals surface area contributed by atoms with Crippen LogP contribution in [0.25, 0.3) is 0 Å². The molecular weight excluding hydrogens is 184 g/mol. The van der Waals surface area contributed by atoms with Gasteiger partial charge in [-0.05, 0) is 0 Å². The second-order valence-corrected chi connectivity index (χ2v) is 3.26. The monoisotopic (exact) mass is 199 g/mol. The molecule has 5 heteroatoms. The summed E-state index contributed by atoms with van der Waals surface area (Å²) in [6.07, 6.45) is 1.87. The Hall–Kier alpha value is -1.10. The number of carbonyl (C=O) groups is 1. The van der Waals surface area contributed by atoms with E-state index in [4.69, 9.17) is 4.74 Å². The molecule has 79 valence electrons. The second kappa shape index (κ2) is 5.59. The van der Waals surface area contributed by atoms with Crippen molar-refractivity contribution in [1.29, 1.82) is 0 Å². The van der Waals surface area contributed by atoms with Crippen LogP contribution in [-0.4, -0.2) is 61.5 Å². The van der Waals surface area contributed by atoms with Gasteiger partial charge in [-0.1, -0.05) is 0 Å². The Bertz CT molecular complexity index is 200. The normalized spacial score (nSPS) is 17.9. The Morgan fingerprint density at radius 1 is 1.36 bits per heavy atom. The topological polar surface area (TPSA) is 49.9 Å². The van der Waals surface area contributed by atoms with Crippen molar-refractivity contribution in [2.24, 2.45) is 0 Å². The van der Waals surface area contributed by atoms with Crippen LogP contribution in [0.1, 0.15) is 6.92 Å². The lowest BCUT2D eigenvalue weighted by atomic mass is 10.3. The summed E-state index contributed by atoms with van der Waals surface area (Å²) in [4.78, 5) is 24.6. The van der Waals surface area contributed by atoms with Crippen LogP contribution in [0.3, 0.4) is 0 Å². The molecule has 5 nitrogen and oxygen atoms in total. The standard InChI is InChI=1S/C9H15N2O3/c1-9(13)14-7-6-10-2-4-11(8-12)5-3-10/h2-7H2,1H3. The van der Waals surface area contributed by atoms with E-state index in [1.165, 1.54) is 6.92 Å². The molecule has 1 aliphatic rings. The Kier molecular flexibility index (Phi) is 4.39. The average Bonchev–Trinajstić information content (AvgIpc) is 2.18. The zero-order valence-corrected chi connectivity index (χ0v) is 8.36. The molecule has 0 aromatic carbocycles. The maximum Gasteiger partial charge on any atom is 0.312 e. The summed E-state index contributed by atoms with van der Waals surface area (Å²) in [5, 5.41) is 0. The maximum atomic E-state index is 10.5. The highest BCUT2D eigenvalue weighted by atomic mass is 16.5. The Morgan fingerprint density at radius 3 is 2.50 bits per heavy atom. The molecule has 0 atom stereocenters. The van der Waals surface area contributed by atoms with E-state index in [2.05, 4.69) is 4.90 Å². The van der Waals surface area contributed by atoms with Crippen LogP contribution in [-0.2, 0) is 14.3 Å². The minimum atomic E-state index is -0.245. The Labute approximate surface area is 83.6 Å². The van der Waals surface area contributed by atoms with Crippen molar-refractivity contribution in [1.82, 2.24) is 9.80 Å². The summed E-state index contributed by atoms with van der Waals surface area (Å²) >= 11 is 0. The summed E-state index contributed by atoms with van der Waals surface area (Å²) in [6.45, 7) is 5.66. The fourth-order valence-electron chi connectivity index (χ4n) is 1.38. The maximum absolute atomic E-state index is 10.5. The second-order valence-electron chi connectivity index (χ2n) is 3.26. The highest BCUT2D eigenvalue weighted by Crippen LogP contribution is 1.98. The molecule has 1 saturated heterocycles. The fraction of sp³-hybridized carbons (Fsp3) is 0.778. The lowest BCUT2D eigenvalue weighted by Crippen LogP contribution is -2.46. The SMILES string of the molecule is CC(=O)OCCN1CCN([C]=O)CC1. The van der Waals surface area contributed by atoms with Crippen molar-refractivity contribution >= 4 is 12.4 Å². The van der Waals surface area contributed by atoms with Crippen LogP contribution in [0.4, 0.5) is 0 Å². The summed E-state index contributed by atoms with van der Waals surface area (Å²) < 4.78 is 4.83. The lowest BCUT2D eigenvalue weighted by molar-refractivity contribution is -0.141. The third kappa shape index (κ3) is 3.74. The van der Waals surface area contributed by atoms with Gasteiger partial charge < -0.3 is 9.64 Å². The third-order valence-corrected chi connectivity index (χ3v) is 2.21. The Balaban J connectivity index is 2.10. The van der Waals surface area contributed by atoms with E-state index in [-0.39, 0.29) is 5.97 Å². The molecule has 0 N–H and O–H groups in total. The summed E-state index contributed by atoms with van der Waals surface area (Å²) in [5.41, 5.74) is 0. The first-order valence-corrected chi connectivity index (χ1v) is 4.71. The van der Waals surface area contributed by atoms with Gasteiger partial charge in [0.2, 0.25) is 0 Å². The predicted octanol–water partition coefficient (Wildman–Crippen LogP) is -0.766. The molecule has 1 amide bonds. The number of rotatable bonds is 4. The number of hydrogen-bond donors (Lipinski definition) is 0. The number of ether oxygens (including phenoxy) is 1. The summed E-state index contributed by atoms with van der Waals surface area (Å²) in [6, 6.07) is 0. The number of nitrogens with zero attached hydrogens (tertiary/aromatic N) is 2. The predicted molar refractivity (Wildman–Crippen MR) is 50.3 cm³/mol. The van der Waals surface area contributed by atoms with Crippen molar-refractivity contribution in [3.8, 4) is 0 Å². The van der Waals surface area contributed by atoms with E-state index in [9.17, 15) is 9.59 Å². The quantitative estimate of drug-likeness (QED) is 0.558. The first-order chi connectivity index (χ1) is 6.72. The van der Waals surface area contributed by atoms with Gasteiger partial charge in [0, 0.05) is 39.6 Å². The molecule has 0 aliphatic carbocycles. The van der Waals surface area contributed by atoms with E-state index < -0.39 is 0 Å². The molecule has 0 aromatic heterocycles. The van der Waals surface area contributed by atoms with Gasteiger partial charge in [-0.15, -0.1) is 0 Å². The van der Waals surface area contributed by atoms with Gasteiger partial charge >= 0.3 is 12.4 Å². The van der Waals surface area contributed by atoms with Crippen LogP contribution >= 0.6 is 0 Å². The highest BCUT2D eigenvalue weighted by molar-refractivity contribution is 5.65. The molecule has 1 rings (SSSR count). The van der Waals surface area contributed by atoms with E-state index in [0.29, 0.717) is 19.7 Å². The number of amides is 1. The van der Waals surface area contributed by atoms with Gasteiger partial charge in [0.25, 0.3) is 0 Å².